The number of hydrogen-bond donors (Lipinski definition) is 1. The number of hydrogen-bond acceptors (Lipinski definition) is 3. The van der Waals surface area contributed by atoms with Gasteiger partial charge in [0.1, 0.15) is 23.7 Å². The first-order valence-corrected chi connectivity index (χ1v) is 7.10. The Morgan fingerprint density at radius 3 is 2.57 bits per heavy atom. The third-order valence-electron chi connectivity index (χ3n) is 3.45. The number of aromatic nitrogens is 2. The number of ether oxygens (including phenoxy) is 1. The van der Waals surface area contributed by atoms with Gasteiger partial charge in [0.15, 0.2) is 0 Å². The molecule has 0 spiro atoms. The van der Waals surface area contributed by atoms with Crippen LogP contribution in [0.5, 0.6) is 5.75 Å². The number of benzene rings is 2. The van der Waals surface area contributed by atoms with Gasteiger partial charge in [-0.2, -0.15) is 0 Å². The highest BCUT2D eigenvalue weighted by Crippen LogP contribution is 2.26. The molecule has 3 rings (SSSR count). The Morgan fingerprint density at radius 1 is 1.10 bits per heavy atom. The van der Waals surface area contributed by atoms with Crippen LogP contribution in [0.1, 0.15) is 25.7 Å². The van der Waals surface area contributed by atoms with E-state index in [1.807, 2.05) is 48.5 Å². The van der Waals surface area contributed by atoms with Crippen molar-refractivity contribution < 1.29 is 4.74 Å². The zero-order valence-electron chi connectivity index (χ0n) is 12.3. The molecule has 0 aliphatic carbocycles. The largest absolute Gasteiger partial charge is 0.486 e. The van der Waals surface area contributed by atoms with Crippen molar-refractivity contribution in [2.45, 2.75) is 26.5 Å². The van der Waals surface area contributed by atoms with Crippen molar-refractivity contribution in [1.82, 2.24) is 9.55 Å². The van der Waals surface area contributed by atoms with Gasteiger partial charge >= 0.3 is 0 Å². The van der Waals surface area contributed by atoms with Gasteiger partial charge in [0, 0.05) is 6.04 Å². The first-order chi connectivity index (χ1) is 10.2. The van der Waals surface area contributed by atoms with Crippen LogP contribution >= 0.6 is 0 Å². The molecule has 0 aliphatic rings. The van der Waals surface area contributed by atoms with Crippen molar-refractivity contribution in [3.05, 3.63) is 54.4 Å². The molecule has 3 aromatic rings. The molecule has 1 heterocycles. The lowest BCUT2D eigenvalue weighted by molar-refractivity contribution is 0.287. The molecule has 2 N–H and O–H groups in total. The Bertz CT molecular complexity index is 747. The maximum absolute atomic E-state index is 6.03. The van der Waals surface area contributed by atoms with E-state index < -0.39 is 0 Å². The summed E-state index contributed by atoms with van der Waals surface area (Å²) in [4.78, 5) is 4.66. The molecule has 0 aliphatic heterocycles. The summed E-state index contributed by atoms with van der Waals surface area (Å²) in [5.41, 5.74) is 8.63. The van der Waals surface area contributed by atoms with Crippen molar-refractivity contribution in [3.63, 3.8) is 0 Å². The highest BCUT2D eigenvalue weighted by molar-refractivity contribution is 5.87. The highest BCUT2D eigenvalue weighted by Gasteiger charge is 2.15. The summed E-state index contributed by atoms with van der Waals surface area (Å²) in [6.45, 7) is 4.70. The zero-order chi connectivity index (χ0) is 14.8. The van der Waals surface area contributed by atoms with Crippen LogP contribution in [0.3, 0.4) is 0 Å². The Labute approximate surface area is 124 Å². The lowest BCUT2D eigenvalue weighted by Gasteiger charge is -2.13. The first-order valence-electron chi connectivity index (χ1n) is 7.10. The van der Waals surface area contributed by atoms with Crippen LogP contribution in [0.4, 0.5) is 5.69 Å². The fourth-order valence-corrected chi connectivity index (χ4v) is 2.53. The predicted octanol–water partition coefficient (Wildman–Crippen LogP) is 3.78. The second kappa shape index (κ2) is 5.48. The summed E-state index contributed by atoms with van der Waals surface area (Å²) >= 11 is 0. The standard InChI is InChI=1S/C17H19N3O/c1-12(2)20-15-10-6-9-14(18)17(15)19-16(20)11-21-13-7-4-3-5-8-13/h3-10,12H,11,18H2,1-2H3. The van der Waals surface area contributed by atoms with Crippen molar-refractivity contribution in [2.75, 3.05) is 5.73 Å². The fraction of sp³-hybridized carbons (Fsp3) is 0.235. The number of nitrogens with two attached hydrogens (primary N) is 1. The van der Waals surface area contributed by atoms with Crippen LogP contribution in [0.15, 0.2) is 48.5 Å². The van der Waals surface area contributed by atoms with Gasteiger partial charge < -0.3 is 15.0 Å². The number of fused-ring (bicyclic) bond motifs is 1. The van der Waals surface area contributed by atoms with Crippen LogP contribution in [-0.2, 0) is 6.61 Å². The summed E-state index contributed by atoms with van der Waals surface area (Å²) in [5.74, 6) is 1.73. The molecule has 0 unspecified atom stereocenters. The zero-order valence-corrected chi connectivity index (χ0v) is 12.3. The summed E-state index contributed by atoms with van der Waals surface area (Å²) in [7, 11) is 0. The van der Waals surface area contributed by atoms with E-state index in [0.29, 0.717) is 18.3 Å². The van der Waals surface area contributed by atoms with Gasteiger partial charge in [0.05, 0.1) is 11.2 Å². The van der Waals surface area contributed by atoms with Gasteiger partial charge in [0.2, 0.25) is 0 Å². The molecule has 2 aromatic carbocycles. The molecule has 0 saturated heterocycles. The summed E-state index contributed by atoms with van der Waals surface area (Å²) in [6.07, 6.45) is 0. The van der Waals surface area contributed by atoms with Crippen LogP contribution in [0.2, 0.25) is 0 Å². The van der Waals surface area contributed by atoms with Crippen molar-refractivity contribution >= 4 is 16.7 Å². The summed E-state index contributed by atoms with van der Waals surface area (Å²) in [5, 5.41) is 0. The maximum atomic E-state index is 6.03. The van der Waals surface area contributed by atoms with Crippen LogP contribution < -0.4 is 10.5 Å². The normalized spacial score (nSPS) is 11.2. The van der Waals surface area contributed by atoms with E-state index in [1.54, 1.807) is 0 Å². The first kappa shape index (κ1) is 13.5. The third-order valence-corrected chi connectivity index (χ3v) is 3.45. The SMILES string of the molecule is CC(C)n1c(COc2ccccc2)nc2c(N)cccc21. The quantitative estimate of drug-likeness (QED) is 0.740. The van der Waals surface area contributed by atoms with Gasteiger partial charge in [0.25, 0.3) is 0 Å². The predicted molar refractivity (Wildman–Crippen MR) is 85.3 cm³/mol. The summed E-state index contributed by atoms with van der Waals surface area (Å²) in [6, 6.07) is 15.9. The van der Waals surface area contributed by atoms with E-state index >= 15 is 0 Å². The molecule has 0 bridgehead atoms. The smallest absolute Gasteiger partial charge is 0.148 e. The minimum Gasteiger partial charge on any atom is -0.486 e. The molecule has 0 saturated carbocycles. The van der Waals surface area contributed by atoms with Gasteiger partial charge in [-0.05, 0) is 38.1 Å². The molecule has 1 aromatic heterocycles. The van der Waals surface area contributed by atoms with E-state index in [1.165, 1.54) is 0 Å². The lowest BCUT2D eigenvalue weighted by atomic mass is 10.2. The molecule has 0 radical (unpaired) electrons. The molecular formula is C17H19N3O. The topological polar surface area (TPSA) is 53.1 Å². The Balaban J connectivity index is 1.98. The van der Waals surface area contributed by atoms with Gasteiger partial charge in [-0.3, -0.25) is 0 Å². The molecule has 0 amide bonds. The second-order valence-electron chi connectivity index (χ2n) is 5.31. The van der Waals surface area contributed by atoms with Crippen molar-refractivity contribution in [1.29, 1.82) is 0 Å². The third kappa shape index (κ3) is 2.57. The number of anilines is 1. The average molecular weight is 281 g/mol. The number of rotatable bonds is 4. The maximum Gasteiger partial charge on any atom is 0.148 e. The number of nitrogen functional groups attached to an aromatic ring is 1. The lowest BCUT2D eigenvalue weighted by Crippen LogP contribution is -2.09. The Hall–Kier alpha value is -2.49. The van der Waals surface area contributed by atoms with Gasteiger partial charge in [-0.25, -0.2) is 4.98 Å². The molecule has 21 heavy (non-hydrogen) atoms. The average Bonchev–Trinajstić information content (AvgIpc) is 2.86. The van der Waals surface area contributed by atoms with Crippen LogP contribution in [0, 0.1) is 0 Å². The van der Waals surface area contributed by atoms with E-state index in [2.05, 4.69) is 23.4 Å². The minimum absolute atomic E-state index is 0.297. The van der Waals surface area contributed by atoms with Gasteiger partial charge in [-0.1, -0.05) is 24.3 Å². The Morgan fingerprint density at radius 2 is 1.86 bits per heavy atom. The highest BCUT2D eigenvalue weighted by atomic mass is 16.5. The molecule has 0 fully saturated rings. The number of para-hydroxylation sites is 2. The summed E-state index contributed by atoms with van der Waals surface area (Å²) < 4.78 is 8.00. The fourth-order valence-electron chi connectivity index (χ4n) is 2.53. The van der Waals surface area contributed by atoms with Gasteiger partial charge in [-0.15, -0.1) is 0 Å². The molecule has 4 heteroatoms. The van der Waals surface area contributed by atoms with Crippen LogP contribution in [0.25, 0.3) is 11.0 Å². The minimum atomic E-state index is 0.297. The number of imidazole rings is 1. The number of nitrogens with zero attached hydrogens (tertiary/aromatic N) is 2. The van der Waals surface area contributed by atoms with E-state index in [0.717, 1.165) is 22.6 Å². The molecule has 0 atom stereocenters. The molecule has 108 valence electrons. The monoisotopic (exact) mass is 281 g/mol. The van der Waals surface area contributed by atoms with Crippen LogP contribution in [-0.4, -0.2) is 9.55 Å². The second-order valence-corrected chi connectivity index (χ2v) is 5.31. The van der Waals surface area contributed by atoms with Crippen molar-refractivity contribution in [2.24, 2.45) is 0 Å². The van der Waals surface area contributed by atoms with E-state index in [9.17, 15) is 0 Å². The van der Waals surface area contributed by atoms with E-state index in [4.69, 9.17) is 10.5 Å². The molecular weight excluding hydrogens is 262 g/mol. The van der Waals surface area contributed by atoms with E-state index in [-0.39, 0.29) is 0 Å². The molecule has 4 nitrogen and oxygen atoms in total. The Kier molecular flexibility index (Phi) is 3.52. The van der Waals surface area contributed by atoms with Crippen molar-refractivity contribution in [3.8, 4) is 5.75 Å².